The standard InChI is InChI=1S/C15H15Cl2NOS/c1-9-5-10-7-18(2)8-14(15(10)20-9)19-11-3-4-12(16)13(17)6-11/h3-6,14H,7-8H2,1-2H3. The van der Waals surface area contributed by atoms with Gasteiger partial charge in [-0.05, 0) is 37.7 Å². The highest BCUT2D eigenvalue weighted by Crippen LogP contribution is 2.37. The van der Waals surface area contributed by atoms with Crippen LogP contribution in [0.15, 0.2) is 24.3 Å². The lowest BCUT2D eigenvalue weighted by Gasteiger charge is -2.30. The number of likely N-dealkylation sites (N-methyl/N-ethyl adjacent to an activating group) is 1. The van der Waals surface area contributed by atoms with Gasteiger partial charge in [-0.25, -0.2) is 0 Å². The summed E-state index contributed by atoms with van der Waals surface area (Å²) in [6.07, 6.45) is 0.0553. The predicted molar refractivity (Wildman–Crippen MR) is 85.2 cm³/mol. The summed E-state index contributed by atoms with van der Waals surface area (Å²) in [7, 11) is 2.11. The maximum absolute atomic E-state index is 6.13. The molecule has 5 heteroatoms. The number of thiophene rings is 1. The fourth-order valence-electron chi connectivity index (χ4n) is 2.51. The lowest BCUT2D eigenvalue weighted by atomic mass is 10.1. The molecule has 1 atom stereocenters. The highest BCUT2D eigenvalue weighted by atomic mass is 35.5. The number of fused-ring (bicyclic) bond motifs is 1. The third kappa shape index (κ3) is 2.82. The Hall–Kier alpha value is -0.740. The molecule has 20 heavy (non-hydrogen) atoms. The van der Waals surface area contributed by atoms with Gasteiger partial charge in [0.1, 0.15) is 11.9 Å². The Morgan fingerprint density at radius 3 is 2.80 bits per heavy atom. The molecule has 0 saturated carbocycles. The summed E-state index contributed by atoms with van der Waals surface area (Å²) in [5.74, 6) is 0.761. The van der Waals surface area contributed by atoms with Gasteiger partial charge in [0, 0.05) is 24.0 Å². The van der Waals surface area contributed by atoms with E-state index in [0.717, 1.165) is 18.8 Å². The first-order valence-corrected chi connectivity index (χ1v) is 7.99. The van der Waals surface area contributed by atoms with E-state index in [0.29, 0.717) is 10.0 Å². The van der Waals surface area contributed by atoms with Gasteiger partial charge in [-0.3, -0.25) is 4.90 Å². The van der Waals surface area contributed by atoms with Crippen molar-refractivity contribution >= 4 is 34.5 Å². The number of hydrogen-bond acceptors (Lipinski definition) is 3. The van der Waals surface area contributed by atoms with Crippen molar-refractivity contribution in [2.24, 2.45) is 0 Å². The molecule has 0 radical (unpaired) electrons. The van der Waals surface area contributed by atoms with Crippen molar-refractivity contribution in [1.29, 1.82) is 0 Å². The zero-order valence-corrected chi connectivity index (χ0v) is 13.6. The van der Waals surface area contributed by atoms with Crippen LogP contribution in [0.1, 0.15) is 21.4 Å². The van der Waals surface area contributed by atoms with Crippen LogP contribution in [0, 0.1) is 6.92 Å². The van der Waals surface area contributed by atoms with E-state index in [4.69, 9.17) is 27.9 Å². The average molecular weight is 328 g/mol. The monoisotopic (exact) mass is 327 g/mol. The fraction of sp³-hybridized carbons (Fsp3) is 0.333. The van der Waals surface area contributed by atoms with E-state index in [-0.39, 0.29) is 6.10 Å². The highest BCUT2D eigenvalue weighted by molar-refractivity contribution is 7.12. The Labute approximate surface area is 132 Å². The minimum Gasteiger partial charge on any atom is -0.483 e. The molecule has 106 valence electrons. The van der Waals surface area contributed by atoms with Crippen LogP contribution in [0.4, 0.5) is 0 Å². The molecule has 0 aliphatic carbocycles. The van der Waals surface area contributed by atoms with E-state index in [1.165, 1.54) is 15.3 Å². The van der Waals surface area contributed by atoms with Crippen molar-refractivity contribution in [3.63, 3.8) is 0 Å². The minimum absolute atomic E-state index is 0.0553. The maximum atomic E-state index is 6.13. The lowest BCUT2D eigenvalue weighted by molar-refractivity contribution is 0.132. The number of halogens is 2. The fourth-order valence-corrected chi connectivity index (χ4v) is 3.85. The highest BCUT2D eigenvalue weighted by Gasteiger charge is 2.27. The van der Waals surface area contributed by atoms with Crippen molar-refractivity contribution in [3.8, 4) is 5.75 Å². The van der Waals surface area contributed by atoms with Gasteiger partial charge in [0.2, 0.25) is 0 Å². The first-order chi connectivity index (χ1) is 9.52. The van der Waals surface area contributed by atoms with Gasteiger partial charge in [-0.1, -0.05) is 23.2 Å². The molecule has 0 N–H and O–H groups in total. The molecule has 2 heterocycles. The lowest BCUT2D eigenvalue weighted by Crippen LogP contribution is -2.31. The van der Waals surface area contributed by atoms with Crippen molar-refractivity contribution in [2.75, 3.05) is 13.6 Å². The van der Waals surface area contributed by atoms with E-state index in [9.17, 15) is 0 Å². The Balaban J connectivity index is 1.88. The Kier molecular flexibility index (Phi) is 3.95. The number of rotatable bonds is 2. The minimum atomic E-state index is 0.0553. The summed E-state index contributed by atoms with van der Waals surface area (Å²) < 4.78 is 6.13. The van der Waals surface area contributed by atoms with Gasteiger partial charge in [-0.2, -0.15) is 0 Å². The van der Waals surface area contributed by atoms with Crippen LogP contribution in [0.25, 0.3) is 0 Å². The third-order valence-electron chi connectivity index (χ3n) is 3.34. The number of nitrogens with zero attached hydrogens (tertiary/aromatic N) is 1. The number of hydrogen-bond donors (Lipinski definition) is 0. The molecule has 3 rings (SSSR count). The van der Waals surface area contributed by atoms with Crippen LogP contribution in [0.2, 0.25) is 10.0 Å². The summed E-state index contributed by atoms with van der Waals surface area (Å²) >= 11 is 13.8. The van der Waals surface area contributed by atoms with Gasteiger partial charge in [0.15, 0.2) is 0 Å². The van der Waals surface area contributed by atoms with Gasteiger partial charge in [0.25, 0.3) is 0 Å². The van der Waals surface area contributed by atoms with Crippen LogP contribution < -0.4 is 4.74 Å². The topological polar surface area (TPSA) is 12.5 Å². The summed E-state index contributed by atoms with van der Waals surface area (Å²) in [6.45, 7) is 4.01. The molecule has 0 amide bonds. The van der Waals surface area contributed by atoms with Crippen LogP contribution in [0.5, 0.6) is 5.75 Å². The van der Waals surface area contributed by atoms with Crippen molar-refractivity contribution in [1.82, 2.24) is 4.90 Å². The van der Waals surface area contributed by atoms with Crippen LogP contribution in [-0.2, 0) is 6.54 Å². The molecule has 2 aromatic rings. The number of aryl methyl sites for hydroxylation is 1. The van der Waals surface area contributed by atoms with Crippen molar-refractivity contribution in [2.45, 2.75) is 19.6 Å². The molecule has 1 aromatic carbocycles. The molecule has 1 unspecified atom stereocenters. The van der Waals surface area contributed by atoms with Crippen molar-refractivity contribution in [3.05, 3.63) is 49.6 Å². The molecular weight excluding hydrogens is 313 g/mol. The molecule has 0 saturated heterocycles. The van der Waals surface area contributed by atoms with Crippen LogP contribution >= 0.6 is 34.5 Å². The van der Waals surface area contributed by atoms with E-state index in [1.54, 1.807) is 12.1 Å². The number of benzene rings is 1. The largest absolute Gasteiger partial charge is 0.483 e. The zero-order chi connectivity index (χ0) is 14.3. The van der Waals surface area contributed by atoms with Gasteiger partial charge in [-0.15, -0.1) is 11.3 Å². The van der Waals surface area contributed by atoms with E-state index >= 15 is 0 Å². The number of ether oxygens (including phenoxy) is 1. The van der Waals surface area contributed by atoms with Crippen LogP contribution in [-0.4, -0.2) is 18.5 Å². The second kappa shape index (κ2) is 5.57. The van der Waals surface area contributed by atoms with E-state index in [2.05, 4.69) is 24.9 Å². The Morgan fingerprint density at radius 1 is 1.25 bits per heavy atom. The molecule has 1 aliphatic heterocycles. The smallest absolute Gasteiger partial charge is 0.146 e. The molecule has 1 aliphatic rings. The van der Waals surface area contributed by atoms with Crippen LogP contribution in [0.3, 0.4) is 0 Å². The quantitative estimate of drug-likeness (QED) is 0.775. The molecule has 2 nitrogen and oxygen atoms in total. The summed E-state index contributed by atoms with van der Waals surface area (Å²) in [5, 5.41) is 1.07. The average Bonchev–Trinajstić information content (AvgIpc) is 2.74. The first-order valence-electron chi connectivity index (χ1n) is 6.42. The third-order valence-corrected chi connectivity index (χ3v) is 5.27. The molecule has 0 fully saturated rings. The van der Waals surface area contributed by atoms with Gasteiger partial charge in [0.05, 0.1) is 14.9 Å². The normalized spacial score (nSPS) is 18.9. The van der Waals surface area contributed by atoms with E-state index < -0.39 is 0 Å². The molecular formula is C15H15Cl2NOS. The van der Waals surface area contributed by atoms with Gasteiger partial charge >= 0.3 is 0 Å². The SMILES string of the molecule is Cc1cc2c(s1)C(Oc1ccc(Cl)c(Cl)c1)CN(C)C2. The first kappa shape index (κ1) is 14.2. The molecule has 0 bridgehead atoms. The second-order valence-corrected chi connectivity index (χ2v) is 7.23. The zero-order valence-electron chi connectivity index (χ0n) is 11.3. The van der Waals surface area contributed by atoms with Gasteiger partial charge < -0.3 is 4.74 Å². The summed E-state index contributed by atoms with van der Waals surface area (Å²) in [6, 6.07) is 7.66. The molecule has 1 aromatic heterocycles. The Bertz CT molecular complexity index is 641. The predicted octanol–water partition coefficient (Wildman–Crippen LogP) is 4.93. The summed E-state index contributed by atoms with van der Waals surface area (Å²) in [4.78, 5) is 4.93. The summed E-state index contributed by atoms with van der Waals surface area (Å²) in [5.41, 5.74) is 1.37. The van der Waals surface area contributed by atoms with Crippen molar-refractivity contribution < 1.29 is 4.74 Å². The maximum Gasteiger partial charge on any atom is 0.146 e. The second-order valence-electron chi connectivity index (χ2n) is 5.13. The molecule has 0 spiro atoms. The Morgan fingerprint density at radius 2 is 2.05 bits per heavy atom. The van der Waals surface area contributed by atoms with E-state index in [1.807, 2.05) is 17.4 Å².